The number of amides is 1. The number of anilines is 1. The molecular weight excluding hydrogens is 412 g/mol. The third-order valence-corrected chi connectivity index (χ3v) is 7.26. The lowest BCUT2D eigenvalue weighted by molar-refractivity contribution is 0.103. The lowest BCUT2D eigenvalue weighted by atomic mass is 10.0. The molecule has 0 bridgehead atoms. The maximum Gasteiger partial charge on any atom is 0.267 e. The van der Waals surface area contributed by atoms with Gasteiger partial charge in [0, 0.05) is 9.35 Å². The summed E-state index contributed by atoms with van der Waals surface area (Å²) < 4.78 is 1.83. The minimum absolute atomic E-state index is 0.0949. The van der Waals surface area contributed by atoms with Crippen molar-refractivity contribution in [3.05, 3.63) is 29.8 Å². The normalized spacial score (nSPS) is 14.2. The van der Waals surface area contributed by atoms with Gasteiger partial charge in [-0.3, -0.25) is 10.1 Å². The summed E-state index contributed by atoms with van der Waals surface area (Å²) in [6.07, 6.45) is 4.57. The lowest BCUT2D eigenvalue weighted by Crippen LogP contribution is -2.09. The van der Waals surface area contributed by atoms with Crippen molar-refractivity contribution < 1.29 is 4.79 Å². The molecule has 3 nitrogen and oxygen atoms in total. The molecule has 0 spiro atoms. The number of carbonyl (C=O) groups is 1. The van der Waals surface area contributed by atoms with E-state index in [9.17, 15) is 4.79 Å². The third-order valence-electron chi connectivity index (χ3n) is 2.94. The van der Waals surface area contributed by atoms with E-state index in [1.807, 2.05) is 6.07 Å². The average molecular weight is 422 g/mol. The van der Waals surface area contributed by atoms with E-state index in [1.165, 1.54) is 34.7 Å². The van der Waals surface area contributed by atoms with E-state index in [2.05, 4.69) is 42.2 Å². The first kappa shape index (κ1) is 13.7. The molecule has 0 radical (unpaired) electrons. The number of aromatic nitrogens is 1. The Kier molecular flexibility index (Phi) is 4.07. The molecule has 1 aliphatic rings. The fourth-order valence-corrected chi connectivity index (χ4v) is 5.00. The largest absolute Gasteiger partial charge is 0.297 e. The number of nitrogens with one attached hydrogen (secondary N) is 1. The second kappa shape index (κ2) is 5.63. The van der Waals surface area contributed by atoms with Crippen molar-refractivity contribution in [1.82, 2.24) is 4.98 Å². The highest BCUT2D eigenvalue weighted by atomic mass is 79.9. The molecule has 2 heterocycles. The Morgan fingerprint density at radius 3 is 2.74 bits per heavy atom. The predicted octanol–water partition coefficient (Wildman–Crippen LogP) is 4.86. The molecule has 100 valence electrons. The van der Waals surface area contributed by atoms with Crippen molar-refractivity contribution in [2.24, 2.45) is 0 Å². The van der Waals surface area contributed by atoms with E-state index in [-0.39, 0.29) is 5.91 Å². The maximum absolute atomic E-state index is 12.1. The first-order valence-corrected chi connectivity index (χ1v) is 9.10. The van der Waals surface area contributed by atoms with Crippen molar-refractivity contribution in [3.8, 4) is 0 Å². The van der Waals surface area contributed by atoms with Crippen LogP contribution in [0, 0.1) is 0 Å². The van der Waals surface area contributed by atoms with Crippen LogP contribution < -0.4 is 5.32 Å². The minimum atomic E-state index is -0.0949. The highest BCUT2D eigenvalue weighted by Crippen LogP contribution is 2.34. The summed E-state index contributed by atoms with van der Waals surface area (Å²) in [7, 11) is 0. The molecule has 1 N–H and O–H groups in total. The van der Waals surface area contributed by atoms with E-state index < -0.39 is 0 Å². The Morgan fingerprint density at radius 2 is 2.05 bits per heavy atom. The zero-order valence-electron chi connectivity index (χ0n) is 9.83. The number of rotatable bonds is 2. The zero-order chi connectivity index (χ0) is 13.4. The Hall–Kier alpha value is -0.240. The molecule has 2 aromatic heterocycles. The number of halogens is 2. The van der Waals surface area contributed by atoms with Gasteiger partial charge in [-0.25, -0.2) is 4.98 Å². The van der Waals surface area contributed by atoms with Gasteiger partial charge >= 0.3 is 0 Å². The van der Waals surface area contributed by atoms with Crippen LogP contribution in [-0.4, -0.2) is 10.9 Å². The zero-order valence-corrected chi connectivity index (χ0v) is 14.6. The summed E-state index contributed by atoms with van der Waals surface area (Å²) in [4.78, 5) is 18.6. The van der Waals surface area contributed by atoms with Crippen molar-refractivity contribution >= 4 is 65.6 Å². The molecular formula is C12H10Br2N2OS2. The Bertz CT molecular complexity index is 593. The summed E-state index contributed by atoms with van der Waals surface area (Å²) in [6.45, 7) is 0. The molecule has 0 saturated carbocycles. The summed E-state index contributed by atoms with van der Waals surface area (Å²) in [6, 6.07) is 1.82. The third kappa shape index (κ3) is 2.94. The fourth-order valence-electron chi connectivity index (χ4n) is 2.02. The number of fused-ring (bicyclic) bond motifs is 1. The van der Waals surface area contributed by atoms with Crippen LogP contribution in [0.1, 0.15) is 33.1 Å². The number of carbonyl (C=O) groups excluding carboxylic acids is 1. The highest BCUT2D eigenvalue weighted by molar-refractivity contribution is 9.13. The van der Waals surface area contributed by atoms with E-state index in [0.29, 0.717) is 4.88 Å². The van der Waals surface area contributed by atoms with Crippen LogP contribution in [0.3, 0.4) is 0 Å². The van der Waals surface area contributed by atoms with E-state index >= 15 is 0 Å². The number of hydrogen-bond donors (Lipinski definition) is 1. The number of thiophene rings is 1. The number of aryl methyl sites for hydroxylation is 2. The standard InChI is InChI=1S/C12H10Br2N2OS2/c13-6-5-9(18-10(6)14)11(17)16-12-15-7-3-1-2-4-8(7)19-12/h5H,1-4H2,(H,15,16,17). The maximum atomic E-state index is 12.1. The van der Waals surface area contributed by atoms with Gasteiger partial charge < -0.3 is 0 Å². The first-order chi connectivity index (χ1) is 9.13. The monoisotopic (exact) mass is 420 g/mol. The first-order valence-electron chi connectivity index (χ1n) is 5.88. The number of nitrogens with zero attached hydrogens (tertiary/aromatic N) is 1. The smallest absolute Gasteiger partial charge is 0.267 e. The van der Waals surface area contributed by atoms with Gasteiger partial charge in [0.05, 0.1) is 14.4 Å². The van der Waals surface area contributed by atoms with Crippen LogP contribution in [0.15, 0.2) is 14.3 Å². The van der Waals surface area contributed by atoms with E-state index in [1.54, 1.807) is 11.3 Å². The Balaban J connectivity index is 1.77. The van der Waals surface area contributed by atoms with Crippen LogP contribution >= 0.6 is 54.5 Å². The van der Waals surface area contributed by atoms with Gasteiger partial charge in [0.15, 0.2) is 5.13 Å². The lowest BCUT2D eigenvalue weighted by Gasteiger charge is -2.06. The molecule has 1 aliphatic carbocycles. The Labute approximate surface area is 135 Å². The average Bonchev–Trinajstić information content (AvgIpc) is 2.93. The highest BCUT2D eigenvalue weighted by Gasteiger charge is 2.18. The number of thiazole rings is 1. The summed E-state index contributed by atoms with van der Waals surface area (Å²) in [5.41, 5.74) is 1.17. The van der Waals surface area contributed by atoms with Gasteiger partial charge in [-0.15, -0.1) is 22.7 Å². The quantitative estimate of drug-likeness (QED) is 0.752. The second-order valence-corrected chi connectivity index (χ2v) is 8.59. The summed E-state index contributed by atoms with van der Waals surface area (Å²) in [5, 5.41) is 3.61. The van der Waals surface area contributed by atoms with Gasteiger partial charge in [0.2, 0.25) is 0 Å². The molecule has 3 rings (SSSR count). The molecule has 1 amide bonds. The molecule has 19 heavy (non-hydrogen) atoms. The van der Waals surface area contributed by atoms with Crippen LogP contribution in [0.5, 0.6) is 0 Å². The van der Waals surface area contributed by atoms with Crippen LogP contribution in [0.4, 0.5) is 5.13 Å². The van der Waals surface area contributed by atoms with Crippen LogP contribution in [0.25, 0.3) is 0 Å². The van der Waals surface area contributed by atoms with Crippen LogP contribution in [0.2, 0.25) is 0 Å². The Morgan fingerprint density at radius 1 is 1.26 bits per heavy atom. The molecule has 2 aromatic rings. The molecule has 0 atom stereocenters. The number of hydrogen-bond acceptors (Lipinski definition) is 4. The van der Waals surface area contributed by atoms with Gasteiger partial charge in [-0.1, -0.05) is 0 Å². The van der Waals surface area contributed by atoms with Crippen molar-refractivity contribution in [1.29, 1.82) is 0 Å². The van der Waals surface area contributed by atoms with Crippen molar-refractivity contribution in [2.45, 2.75) is 25.7 Å². The van der Waals surface area contributed by atoms with Crippen molar-refractivity contribution in [3.63, 3.8) is 0 Å². The van der Waals surface area contributed by atoms with E-state index in [4.69, 9.17) is 0 Å². The summed E-state index contributed by atoms with van der Waals surface area (Å²) >= 11 is 9.80. The van der Waals surface area contributed by atoms with Crippen LogP contribution in [-0.2, 0) is 12.8 Å². The second-order valence-electron chi connectivity index (χ2n) is 4.28. The van der Waals surface area contributed by atoms with Gasteiger partial charge in [-0.2, -0.15) is 0 Å². The van der Waals surface area contributed by atoms with Gasteiger partial charge in [0.25, 0.3) is 5.91 Å². The molecule has 7 heteroatoms. The molecule has 0 aliphatic heterocycles. The van der Waals surface area contributed by atoms with E-state index in [0.717, 1.165) is 26.2 Å². The van der Waals surface area contributed by atoms with Gasteiger partial charge in [0.1, 0.15) is 0 Å². The molecule has 0 saturated heterocycles. The predicted molar refractivity (Wildman–Crippen MR) is 86.4 cm³/mol. The molecule has 0 aromatic carbocycles. The molecule has 0 fully saturated rings. The molecule has 0 unspecified atom stereocenters. The summed E-state index contributed by atoms with van der Waals surface area (Å²) in [5.74, 6) is -0.0949. The SMILES string of the molecule is O=C(Nc1nc2c(s1)CCCC2)c1cc(Br)c(Br)s1. The van der Waals surface area contributed by atoms with Crippen molar-refractivity contribution in [2.75, 3.05) is 5.32 Å². The minimum Gasteiger partial charge on any atom is -0.297 e. The topological polar surface area (TPSA) is 42.0 Å². The fraction of sp³-hybridized carbons (Fsp3) is 0.333. The van der Waals surface area contributed by atoms with Gasteiger partial charge in [-0.05, 0) is 63.6 Å².